The van der Waals surface area contributed by atoms with Crippen LogP contribution in [-0.4, -0.2) is 49.4 Å². The number of nitrogens with zero attached hydrogens (tertiary/aromatic N) is 4. The lowest BCUT2D eigenvalue weighted by molar-refractivity contribution is -0.137. The lowest BCUT2D eigenvalue weighted by Crippen LogP contribution is -2.42. The maximum atomic E-state index is 12.0. The molecule has 2 amide bonds. The van der Waals surface area contributed by atoms with E-state index < -0.39 is 5.97 Å². The smallest absolute Gasteiger partial charge is 0.318 e. The van der Waals surface area contributed by atoms with Crippen molar-refractivity contribution >= 4 is 12.0 Å². The summed E-state index contributed by atoms with van der Waals surface area (Å²) in [5.41, 5.74) is 0. The molecule has 0 unspecified atom stereocenters. The van der Waals surface area contributed by atoms with Gasteiger partial charge < -0.3 is 15.3 Å². The molecule has 0 aromatic carbocycles. The largest absolute Gasteiger partial charge is 0.481 e. The Labute approximate surface area is 110 Å². The molecule has 0 aliphatic heterocycles. The Hall–Kier alpha value is -2.12. The van der Waals surface area contributed by atoms with E-state index in [1.165, 1.54) is 0 Å². The van der Waals surface area contributed by atoms with Crippen LogP contribution in [0.3, 0.4) is 0 Å². The Morgan fingerprint density at radius 2 is 2.32 bits per heavy atom. The van der Waals surface area contributed by atoms with Crippen LogP contribution in [0.15, 0.2) is 6.33 Å². The fourth-order valence-corrected chi connectivity index (χ4v) is 1.77. The second kappa shape index (κ2) is 5.68. The van der Waals surface area contributed by atoms with Gasteiger partial charge in [-0.25, -0.2) is 9.78 Å². The van der Waals surface area contributed by atoms with Crippen molar-refractivity contribution in [1.29, 1.82) is 0 Å². The Kier molecular flexibility index (Phi) is 3.98. The van der Waals surface area contributed by atoms with Gasteiger partial charge in [-0.1, -0.05) is 0 Å². The quantitative estimate of drug-likeness (QED) is 0.753. The minimum atomic E-state index is -0.898. The second-order valence-electron chi connectivity index (χ2n) is 4.56. The summed E-state index contributed by atoms with van der Waals surface area (Å²) in [7, 11) is 1.75. The molecule has 0 saturated heterocycles. The van der Waals surface area contributed by atoms with Crippen LogP contribution in [0.25, 0.3) is 0 Å². The number of carboxylic acid groups (broad SMARTS) is 1. The molecule has 104 valence electrons. The summed E-state index contributed by atoms with van der Waals surface area (Å²) in [5.74, 6) is -0.366. The first-order chi connectivity index (χ1) is 9.06. The van der Waals surface area contributed by atoms with Gasteiger partial charge in [-0.15, -0.1) is 0 Å². The van der Waals surface area contributed by atoms with Crippen LogP contribution in [0.5, 0.6) is 0 Å². The van der Waals surface area contributed by atoms with Gasteiger partial charge >= 0.3 is 12.0 Å². The summed E-state index contributed by atoms with van der Waals surface area (Å²) in [5, 5.41) is 15.4. The summed E-state index contributed by atoms with van der Waals surface area (Å²) in [6.07, 6.45) is 3.40. The highest BCUT2D eigenvalue weighted by Gasteiger charge is 2.32. The maximum absolute atomic E-state index is 12.0. The average Bonchev–Trinajstić information content (AvgIpc) is 3.09. The monoisotopic (exact) mass is 267 g/mol. The lowest BCUT2D eigenvalue weighted by Gasteiger charge is -2.21. The third-order valence-corrected chi connectivity index (χ3v) is 2.86. The summed E-state index contributed by atoms with van der Waals surface area (Å²) >= 11 is 0. The van der Waals surface area contributed by atoms with Crippen molar-refractivity contribution in [3.63, 3.8) is 0 Å². The van der Waals surface area contributed by atoms with Gasteiger partial charge in [0, 0.05) is 19.6 Å². The molecule has 1 fully saturated rings. The van der Waals surface area contributed by atoms with Crippen molar-refractivity contribution in [2.75, 3.05) is 6.54 Å². The highest BCUT2D eigenvalue weighted by atomic mass is 16.4. The van der Waals surface area contributed by atoms with E-state index >= 15 is 0 Å². The van der Waals surface area contributed by atoms with Gasteiger partial charge in [0.2, 0.25) is 0 Å². The molecule has 1 aromatic heterocycles. The minimum Gasteiger partial charge on any atom is -0.481 e. The van der Waals surface area contributed by atoms with E-state index in [-0.39, 0.29) is 31.6 Å². The number of carbonyl (C=O) groups is 2. The second-order valence-corrected chi connectivity index (χ2v) is 4.56. The van der Waals surface area contributed by atoms with Crippen LogP contribution in [-0.2, 0) is 18.4 Å². The zero-order chi connectivity index (χ0) is 13.8. The van der Waals surface area contributed by atoms with Crippen molar-refractivity contribution < 1.29 is 14.7 Å². The molecule has 0 bridgehead atoms. The van der Waals surface area contributed by atoms with Gasteiger partial charge in [-0.05, 0) is 12.8 Å². The van der Waals surface area contributed by atoms with Gasteiger partial charge in [-0.3, -0.25) is 9.48 Å². The Balaban J connectivity index is 1.83. The van der Waals surface area contributed by atoms with E-state index in [1.54, 1.807) is 23.0 Å². The Morgan fingerprint density at radius 1 is 1.58 bits per heavy atom. The topological polar surface area (TPSA) is 100 Å². The van der Waals surface area contributed by atoms with E-state index in [1.807, 2.05) is 0 Å². The zero-order valence-electron chi connectivity index (χ0n) is 10.7. The summed E-state index contributed by atoms with van der Waals surface area (Å²) in [4.78, 5) is 28.1. The number of aryl methyl sites for hydroxylation is 1. The van der Waals surface area contributed by atoms with E-state index in [4.69, 9.17) is 5.11 Å². The molecular weight excluding hydrogens is 250 g/mol. The van der Waals surface area contributed by atoms with Crippen molar-refractivity contribution in [3.8, 4) is 0 Å². The van der Waals surface area contributed by atoms with E-state index in [0.29, 0.717) is 5.82 Å². The molecule has 1 aliphatic carbocycles. The lowest BCUT2D eigenvalue weighted by atomic mass is 10.4. The van der Waals surface area contributed by atoms with Gasteiger partial charge in [0.1, 0.15) is 6.33 Å². The number of aromatic nitrogens is 3. The Morgan fingerprint density at radius 3 is 2.84 bits per heavy atom. The van der Waals surface area contributed by atoms with Crippen LogP contribution < -0.4 is 5.32 Å². The van der Waals surface area contributed by atoms with Gasteiger partial charge in [0.25, 0.3) is 0 Å². The number of aliphatic carboxylic acids is 1. The normalized spacial score (nSPS) is 14.2. The molecule has 19 heavy (non-hydrogen) atoms. The van der Waals surface area contributed by atoms with Crippen LogP contribution in [0.4, 0.5) is 4.79 Å². The van der Waals surface area contributed by atoms with Crippen molar-refractivity contribution in [2.24, 2.45) is 7.05 Å². The number of urea groups is 1. The van der Waals surface area contributed by atoms with Gasteiger partial charge in [0.15, 0.2) is 5.82 Å². The SMILES string of the molecule is Cn1cnc(CNC(=O)N(CCC(=O)O)C2CC2)n1. The molecular formula is C11H17N5O3. The molecule has 0 spiro atoms. The highest BCUT2D eigenvalue weighted by molar-refractivity contribution is 5.75. The molecule has 1 aromatic rings. The molecule has 8 nitrogen and oxygen atoms in total. The van der Waals surface area contributed by atoms with Crippen LogP contribution in [0.1, 0.15) is 25.1 Å². The number of carboxylic acids is 1. The van der Waals surface area contributed by atoms with Gasteiger partial charge in [-0.2, -0.15) is 5.10 Å². The predicted octanol–water partition coefficient (Wildman–Crippen LogP) is -0.0362. The molecule has 0 atom stereocenters. The predicted molar refractivity (Wildman–Crippen MR) is 65.2 cm³/mol. The molecule has 2 rings (SSSR count). The first-order valence-electron chi connectivity index (χ1n) is 6.17. The summed E-state index contributed by atoms with van der Waals surface area (Å²) in [6.45, 7) is 0.484. The first kappa shape index (κ1) is 13.3. The molecule has 1 heterocycles. The maximum Gasteiger partial charge on any atom is 0.318 e. The fraction of sp³-hybridized carbons (Fsp3) is 0.636. The van der Waals surface area contributed by atoms with E-state index in [0.717, 1.165) is 12.8 Å². The number of rotatable bonds is 6. The van der Waals surface area contributed by atoms with Crippen molar-refractivity contribution in [3.05, 3.63) is 12.2 Å². The fourth-order valence-electron chi connectivity index (χ4n) is 1.77. The Bertz CT molecular complexity index is 469. The highest BCUT2D eigenvalue weighted by Crippen LogP contribution is 2.26. The molecule has 1 aliphatic rings. The third-order valence-electron chi connectivity index (χ3n) is 2.86. The molecule has 0 radical (unpaired) electrons. The number of amides is 2. The number of hydrogen-bond acceptors (Lipinski definition) is 4. The number of nitrogens with one attached hydrogen (secondary N) is 1. The van der Waals surface area contributed by atoms with Crippen molar-refractivity contribution in [1.82, 2.24) is 25.0 Å². The van der Waals surface area contributed by atoms with Crippen LogP contribution in [0, 0.1) is 0 Å². The molecule has 1 saturated carbocycles. The van der Waals surface area contributed by atoms with Gasteiger partial charge in [0.05, 0.1) is 13.0 Å². The van der Waals surface area contributed by atoms with Crippen molar-refractivity contribution in [2.45, 2.75) is 31.8 Å². The van der Waals surface area contributed by atoms with Crippen LogP contribution in [0.2, 0.25) is 0 Å². The zero-order valence-corrected chi connectivity index (χ0v) is 10.7. The standard InChI is InChI=1S/C11H17N5O3/c1-15-7-13-9(14-15)6-12-11(19)16(8-2-3-8)5-4-10(17)18/h7-8H,2-6H2,1H3,(H,12,19)(H,17,18). The van der Waals surface area contributed by atoms with E-state index in [2.05, 4.69) is 15.4 Å². The van der Waals surface area contributed by atoms with Crippen LogP contribution >= 0.6 is 0 Å². The third kappa shape index (κ3) is 3.94. The average molecular weight is 267 g/mol. The molecule has 8 heteroatoms. The molecule has 2 N–H and O–H groups in total. The van der Waals surface area contributed by atoms with E-state index in [9.17, 15) is 9.59 Å². The minimum absolute atomic E-state index is 0.0360. The number of carbonyl (C=O) groups excluding carboxylic acids is 1. The summed E-state index contributed by atoms with van der Waals surface area (Å²) in [6, 6.07) is -0.0766. The number of hydrogen-bond donors (Lipinski definition) is 2. The summed E-state index contributed by atoms with van der Waals surface area (Å²) < 4.78 is 1.56. The first-order valence-corrected chi connectivity index (χ1v) is 6.17.